The summed E-state index contributed by atoms with van der Waals surface area (Å²) < 4.78 is 56.3. The molecule has 0 aliphatic carbocycles. The van der Waals surface area contributed by atoms with Crippen LogP contribution in [-0.2, 0) is 12.8 Å². The first-order valence-corrected chi connectivity index (χ1v) is 6.41. The minimum absolute atomic E-state index is 0.0000946. The maximum absolute atomic E-state index is 13.3. The van der Waals surface area contributed by atoms with Gasteiger partial charge in [-0.3, -0.25) is 4.79 Å². The lowest BCUT2D eigenvalue weighted by Crippen LogP contribution is -2.07. The molecule has 0 radical (unpaired) electrons. The fourth-order valence-corrected chi connectivity index (χ4v) is 1.93. The van der Waals surface area contributed by atoms with Crippen molar-refractivity contribution in [2.75, 3.05) is 0 Å². The molecule has 0 aliphatic rings. The van der Waals surface area contributed by atoms with Gasteiger partial charge in [-0.25, -0.2) is 4.39 Å². The summed E-state index contributed by atoms with van der Waals surface area (Å²) in [5, 5.41) is 0.193. The number of carbonyl (C=O) groups is 1. The van der Waals surface area contributed by atoms with Gasteiger partial charge in [0.1, 0.15) is 24.5 Å². The number of ether oxygens (including phenoxy) is 1. The van der Waals surface area contributed by atoms with Crippen molar-refractivity contribution >= 4 is 17.9 Å². The third-order valence-electron chi connectivity index (χ3n) is 2.77. The largest absolute Gasteiger partial charge is 0.487 e. The molecule has 0 heterocycles. The van der Waals surface area contributed by atoms with E-state index in [-0.39, 0.29) is 22.9 Å². The van der Waals surface area contributed by atoms with E-state index in [4.69, 9.17) is 16.3 Å². The minimum atomic E-state index is -4.65. The van der Waals surface area contributed by atoms with E-state index in [0.717, 1.165) is 12.1 Å². The Morgan fingerprint density at radius 3 is 2.50 bits per heavy atom. The van der Waals surface area contributed by atoms with Crippen molar-refractivity contribution in [3.63, 3.8) is 0 Å². The second-order valence-electron chi connectivity index (χ2n) is 4.44. The summed E-state index contributed by atoms with van der Waals surface area (Å²) in [6, 6.07) is 6.37. The van der Waals surface area contributed by atoms with Crippen LogP contribution in [0.4, 0.5) is 17.6 Å². The molecule has 0 amide bonds. The zero-order chi connectivity index (χ0) is 16.3. The van der Waals surface area contributed by atoms with Gasteiger partial charge < -0.3 is 4.74 Å². The summed E-state index contributed by atoms with van der Waals surface area (Å²) in [4.78, 5) is 10.7. The standard InChI is InChI=1S/C15H9ClF4O2/c16-13-2-1-9(7-21)5-14(13)22-8-10-3-11(15(18,19)20)6-12(17)4-10/h1-7H,8H2. The first-order valence-electron chi connectivity index (χ1n) is 6.04. The van der Waals surface area contributed by atoms with Gasteiger partial charge in [-0.15, -0.1) is 0 Å². The first kappa shape index (κ1) is 16.3. The third-order valence-corrected chi connectivity index (χ3v) is 3.08. The SMILES string of the molecule is O=Cc1ccc(Cl)c(OCc2cc(F)cc(C(F)(F)F)c2)c1. The fraction of sp³-hybridized carbons (Fsp3) is 0.133. The molecule has 0 fully saturated rings. The summed E-state index contributed by atoms with van der Waals surface area (Å²) in [6.07, 6.45) is -4.07. The molecule has 2 nitrogen and oxygen atoms in total. The Labute approximate surface area is 128 Å². The highest BCUT2D eigenvalue weighted by atomic mass is 35.5. The Morgan fingerprint density at radius 2 is 1.86 bits per heavy atom. The molecule has 0 unspecified atom stereocenters. The molecule has 2 aromatic carbocycles. The molecule has 2 rings (SSSR count). The van der Waals surface area contributed by atoms with E-state index in [1.54, 1.807) is 0 Å². The summed E-state index contributed by atoms with van der Waals surface area (Å²) >= 11 is 5.86. The van der Waals surface area contributed by atoms with E-state index in [1.165, 1.54) is 18.2 Å². The highest BCUT2D eigenvalue weighted by Crippen LogP contribution is 2.31. The molecule has 0 N–H and O–H groups in total. The van der Waals surface area contributed by atoms with Crippen LogP contribution in [-0.4, -0.2) is 6.29 Å². The molecule has 0 saturated heterocycles. The van der Waals surface area contributed by atoms with E-state index in [2.05, 4.69) is 0 Å². The van der Waals surface area contributed by atoms with Crippen LogP contribution in [0, 0.1) is 5.82 Å². The summed E-state index contributed by atoms with van der Waals surface area (Å²) in [7, 11) is 0. The van der Waals surface area contributed by atoms with Crippen LogP contribution in [0.2, 0.25) is 5.02 Å². The third kappa shape index (κ3) is 3.98. The van der Waals surface area contributed by atoms with Crippen molar-refractivity contribution in [2.45, 2.75) is 12.8 Å². The number of benzene rings is 2. The van der Waals surface area contributed by atoms with Crippen LogP contribution in [0.25, 0.3) is 0 Å². The normalized spacial score (nSPS) is 11.3. The number of halogens is 5. The van der Waals surface area contributed by atoms with E-state index in [1.807, 2.05) is 0 Å². The van der Waals surface area contributed by atoms with Gasteiger partial charge in [0.05, 0.1) is 10.6 Å². The van der Waals surface area contributed by atoms with Gasteiger partial charge in [0.25, 0.3) is 0 Å². The van der Waals surface area contributed by atoms with Crippen molar-refractivity contribution in [1.29, 1.82) is 0 Å². The monoisotopic (exact) mass is 332 g/mol. The predicted octanol–water partition coefficient (Wildman–Crippen LogP) is 4.89. The minimum Gasteiger partial charge on any atom is -0.487 e. The molecular formula is C15H9ClF4O2. The van der Waals surface area contributed by atoms with Gasteiger partial charge in [-0.05, 0) is 42.0 Å². The van der Waals surface area contributed by atoms with Crippen molar-refractivity contribution in [3.05, 3.63) is 63.9 Å². The van der Waals surface area contributed by atoms with Crippen LogP contribution in [0.5, 0.6) is 5.75 Å². The first-order chi connectivity index (χ1) is 10.3. The van der Waals surface area contributed by atoms with Gasteiger partial charge in [0, 0.05) is 5.56 Å². The van der Waals surface area contributed by atoms with Crippen LogP contribution >= 0.6 is 11.6 Å². The molecule has 0 spiro atoms. The summed E-state index contributed by atoms with van der Waals surface area (Å²) in [5.41, 5.74) is -0.798. The topological polar surface area (TPSA) is 26.3 Å². The summed E-state index contributed by atoms with van der Waals surface area (Å²) in [6.45, 7) is -0.317. The Hall–Kier alpha value is -2.08. The van der Waals surface area contributed by atoms with Gasteiger partial charge >= 0.3 is 6.18 Å². The van der Waals surface area contributed by atoms with Crippen LogP contribution in [0.1, 0.15) is 21.5 Å². The summed E-state index contributed by atoms with van der Waals surface area (Å²) in [5.74, 6) is -0.884. The molecule has 7 heteroatoms. The number of hydrogen-bond acceptors (Lipinski definition) is 2. The number of aldehydes is 1. The lowest BCUT2D eigenvalue weighted by molar-refractivity contribution is -0.137. The molecule has 0 atom stereocenters. The highest BCUT2D eigenvalue weighted by Gasteiger charge is 2.31. The number of carbonyl (C=O) groups excluding carboxylic acids is 1. The molecular weight excluding hydrogens is 324 g/mol. The molecule has 0 saturated carbocycles. The van der Waals surface area contributed by atoms with E-state index in [0.29, 0.717) is 17.9 Å². The fourth-order valence-electron chi connectivity index (χ4n) is 1.76. The van der Waals surface area contributed by atoms with Crippen LogP contribution in [0.3, 0.4) is 0 Å². The van der Waals surface area contributed by atoms with Crippen molar-refractivity contribution in [3.8, 4) is 5.75 Å². The number of hydrogen-bond donors (Lipinski definition) is 0. The zero-order valence-electron chi connectivity index (χ0n) is 11.0. The average Bonchev–Trinajstić information content (AvgIpc) is 2.45. The van der Waals surface area contributed by atoms with Gasteiger partial charge in [-0.2, -0.15) is 13.2 Å². The predicted molar refractivity (Wildman–Crippen MR) is 72.6 cm³/mol. The van der Waals surface area contributed by atoms with E-state index >= 15 is 0 Å². The molecule has 0 bridgehead atoms. The van der Waals surface area contributed by atoms with E-state index < -0.39 is 17.6 Å². The van der Waals surface area contributed by atoms with Gasteiger partial charge in [-0.1, -0.05) is 11.6 Å². The second kappa shape index (κ2) is 6.36. The average molecular weight is 333 g/mol. The van der Waals surface area contributed by atoms with Gasteiger partial charge in [0.15, 0.2) is 0 Å². The number of rotatable bonds is 4. The van der Waals surface area contributed by atoms with Crippen molar-refractivity contribution in [2.24, 2.45) is 0 Å². The molecule has 116 valence electrons. The smallest absolute Gasteiger partial charge is 0.416 e. The van der Waals surface area contributed by atoms with Gasteiger partial charge in [0.2, 0.25) is 0 Å². The Morgan fingerprint density at radius 1 is 1.14 bits per heavy atom. The lowest BCUT2D eigenvalue weighted by atomic mass is 10.1. The zero-order valence-corrected chi connectivity index (χ0v) is 11.7. The highest BCUT2D eigenvalue weighted by molar-refractivity contribution is 6.32. The Bertz CT molecular complexity index is 698. The van der Waals surface area contributed by atoms with Crippen LogP contribution in [0.15, 0.2) is 36.4 Å². The number of alkyl halides is 3. The van der Waals surface area contributed by atoms with Crippen LogP contribution < -0.4 is 4.74 Å². The Balaban J connectivity index is 2.22. The maximum atomic E-state index is 13.3. The molecule has 22 heavy (non-hydrogen) atoms. The second-order valence-corrected chi connectivity index (χ2v) is 4.85. The molecule has 0 aliphatic heterocycles. The lowest BCUT2D eigenvalue weighted by Gasteiger charge is -2.11. The Kier molecular flexibility index (Phi) is 4.71. The maximum Gasteiger partial charge on any atom is 0.416 e. The van der Waals surface area contributed by atoms with Crippen molar-refractivity contribution in [1.82, 2.24) is 0 Å². The molecule has 0 aromatic heterocycles. The quantitative estimate of drug-likeness (QED) is 0.588. The molecule has 2 aromatic rings. The van der Waals surface area contributed by atoms with Crippen molar-refractivity contribution < 1.29 is 27.1 Å². The van der Waals surface area contributed by atoms with E-state index in [9.17, 15) is 22.4 Å².